The maximum atomic E-state index is 5.14. The normalized spacial score (nSPS) is 10.8. The minimum absolute atomic E-state index is 0. The molecule has 0 unspecified atom stereocenters. The molecule has 0 aliphatic carbocycles. The molecule has 0 atom stereocenters. The van der Waals surface area contributed by atoms with Gasteiger partial charge in [0.15, 0.2) is 5.96 Å². The number of halogens is 1. The van der Waals surface area contributed by atoms with E-state index in [9.17, 15) is 0 Å². The van der Waals surface area contributed by atoms with E-state index in [4.69, 9.17) is 4.74 Å². The van der Waals surface area contributed by atoms with Gasteiger partial charge in [-0.1, -0.05) is 12.1 Å². The van der Waals surface area contributed by atoms with Gasteiger partial charge in [0, 0.05) is 26.8 Å². The molecule has 0 fully saturated rings. The SMILES string of the molecule is CN=C(NCc1ccc(OC)cc1)NCc1ccnn1C.I. The lowest BCUT2D eigenvalue weighted by Gasteiger charge is -2.12. The highest BCUT2D eigenvalue weighted by atomic mass is 127. The predicted molar refractivity (Wildman–Crippen MR) is 98.7 cm³/mol. The smallest absolute Gasteiger partial charge is 0.191 e. The van der Waals surface area contributed by atoms with Crippen molar-refractivity contribution >= 4 is 29.9 Å². The summed E-state index contributed by atoms with van der Waals surface area (Å²) in [7, 11) is 5.34. The second kappa shape index (κ2) is 9.29. The highest BCUT2D eigenvalue weighted by Gasteiger charge is 2.01. The molecule has 22 heavy (non-hydrogen) atoms. The summed E-state index contributed by atoms with van der Waals surface area (Å²) in [5, 5.41) is 10.7. The number of aryl methyl sites for hydroxylation is 1. The molecule has 0 aliphatic rings. The van der Waals surface area contributed by atoms with Crippen molar-refractivity contribution in [3.63, 3.8) is 0 Å². The monoisotopic (exact) mass is 415 g/mol. The van der Waals surface area contributed by atoms with Gasteiger partial charge in [0.1, 0.15) is 5.75 Å². The molecule has 6 nitrogen and oxygen atoms in total. The maximum absolute atomic E-state index is 5.14. The number of hydrogen-bond donors (Lipinski definition) is 2. The third kappa shape index (κ3) is 5.21. The summed E-state index contributed by atoms with van der Waals surface area (Å²) < 4.78 is 6.98. The lowest BCUT2D eigenvalue weighted by Crippen LogP contribution is -2.36. The van der Waals surface area contributed by atoms with Crippen LogP contribution in [-0.4, -0.2) is 29.9 Å². The molecule has 1 aromatic heterocycles. The third-order valence-electron chi connectivity index (χ3n) is 3.20. The zero-order valence-electron chi connectivity index (χ0n) is 13.0. The zero-order valence-corrected chi connectivity index (χ0v) is 15.4. The van der Waals surface area contributed by atoms with Gasteiger partial charge in [0.25, 0.3) is 0 Å². The van der Waals surface area contributed by atoms with Gasteiger partial charge in [0.05, 0.1) is 19.3 Å². The second-order valence-corrected chi connectivity index (χ2v) is 4.57. The van der Waals surface area contributed by atoms with Gasteiger partial charge in [-0.3, -0.25) is 9.67 Å². The molecule has 1 aromatic carbocycles. The largest absolute Gasteiger partial charge is 0.497 e. The van der Waals surface area contributed by atoms with Crippen molar-refractivity contribution in [2.45, 2.75) is 13.1 Å². The average Bonchev–Trinajstić information content (AvgIpc) is 2.93. The summed E-state index contributed by atoms with van der Waals surface area (Å²) in [5.74, 6) is 1.62. The summed E-state index contributed by atoms with van der Waals surface area (Å²) in [6, 6.07) is 9.93. The van der Waals surface area contributed by atoms with Crippen molar-refractivity contribution in [3.8, 4) is 5.75 Å². The van der Waals surface area contributed by atoms with Gasteiger partial charge in [-0.25, -0.2) is 0 Å². The van der Waals surface area contributed by atoms with E-state index in [1.807, 2.05) is 42.1 Å². The van der Waals surface area contributed by atoms with Gasteiger partial charge in [0.2, 0.25) is 0 Å². The lowest BCUT2D eigenvalue weighted by atomic mass is 10.2. The summed E-state index contributed by atoms with van der Waals surface area (Å²) in [4.78, 5) is 4.21. The van der Waals surface area contributed by atoms with Crippen molar-refractivity contribution in [1.29, 1.82) is 0 Å². The second-order valence-electron chi connectivity index (χ2n) is 4.57. The van der Waals surface area contributed by atoms with Crippen LogP contribution in [0.1, 0.15) is 11.3 Å². The van der Waals surface area contributed by atoms with Crippen molar-refractivity contribution in [2.75, 3.05) is 14.2 Å². The average molecular weight is 415 g/mol. The molecule has 0 bridgehead atoms. The molecule has 0 spiro atoms. The van der Waals surface area contributed by atoms with Crippen LogP contribution >= 0.6 is 24.0 Å². The third-order valence-corrected chi connectivity index (χ3v) is 3.20. The first kappa shape index (κ1) is 18.3. The minimum atomic E-state index is 0. The van der Waals surface area contributed by atoms with Gasteiger partial charge >= 0.3 is 0 Å². The molecule has 0 amide bonds. The molecule has 0 radical (unpaired) electrons. The quantitative estimate of drug-likeness (QED) is 0.445. The van der Waals surface area contributed by atoms with Crippen LogP contribution in [-0.2, 0) is 20.1 Å². The Morgan fingerprint density at radius 3 is 2.41 bits per heavy atom. The Morgan fingerprint density at radius 2 is 1.86 bits per heavy atom. The highest BCUT2D eigenvalue weighted by Crippen LogP contribution is 2.10. The van der Waals surface area contributed by atoms with Crippen LogP contribution < -0.4 is 15.4 Å². The zero-order chi connectivity index (χ0) is 15.1. The Bertz CT molecular complexity index is 594. The van der Waals surface area contributed by atoms with E-state index in [0.29, 0.717) is 13.1 Å². The number of hydrogen-bond acceptors (Lipinski definition) is 3. The van der Waals surface area contributed by atoms with E-state index in [1.165, 1.54) is 5.56 Å². The van der Waals surface area contributed by atoms with E-state index in [1.54, 1.807) is 20.4 Å². The number of nitrogens with zero attached hydrogens (tertiary/aromatic N) is 3. The molecule has 1 heterocycles. The van der Waals surface area contributed by atoms with E-state index in [2.05, 4.69) is 20.7 Å². The van der Waals surface area contributed by atoms with Crippen molar-refractivity contribution in [1.82, 2.24) is 20.4 Å². The Balaban J connectivity index is 0.00000242. The van der Waals surface area contributed by atoms with Crippen LogP contribution in [0, 0.1) is 0 Å². The summed E-state index contributed by atoms with van der Waals surface area (Å²) in [6.45, 7) is 1.38. The van der Waals surface area contributed by atoms with Crippen molar-refractivity contribution in [3.05, 3.63) is 47.8 Å². The molecule has 120 valence electrons. The van der Waals surface area contributed by atoms with Crippen LogP contribution in [0.15, 0.2) is 41.5 Å². The van der Waals surface area contributed by atoms with Gasteiger partial charge in [-0.2, -0.15) is 5.10 Å². The maximum Gasteiger partial charge on any atom is 0.191 e. The Morgan fingerprint density at radius 1 is 1.18 bits per heavy atom. The summed E-state index contributed by atoms with van der Waals surface area (Å²) in [6.07, 6.45) is 1.78. The van der Waals surface area contributed by atoms with Crippen LogP contribution in [0.25, 0.3) is 0 Å². The van der Waals surface area contributed by atoms with Gasteiger partial charge in [-0.15, -0.1) is 24.0 Å². The number of guanidine groups is 1. The van der Waals surface area contributed by atoms with E-state index < -0.39 is 0 Å². The van der Waals surface area contributed by atoms with Crippen LogP contribution in [0.3, 0.4) is 0 Å². The van der Waals surface area contributed by atoms with E-state index in [-0.39, 0.29) is 24.0 Å². The number of rotatable bonds is 5. The fourth-order valence-electron chi connectivity index (χ4n) is 1.90. The number of methoxy groups -OCH3 is 1. The molecule has 7 heteroatoms. The van der Waals surface area contributed by atoms with Crippen molar-refractivity contribution < 1.29 is 4.74 Å². The minimum Gasteiger partial charge on any atom is -0.497 e. The summed E-state index contributed by atoms with van der Waals surface area (Å²) in [5.41, 5.74) is 2.27. The number of aliphatic imine (C=N–C) groups is 1. The van der Waals surface area contributed by atoms with E-state index >= 15 is 0 Å². The standard InChI is InChI=1S/C15H21N5O.HI/c1-16-15(18-11-13-8-9-19-20(13)2)17-10-12-4-6-14(21-3)7-5-12;/h4-9H,10-11H2,1-3H3,(H2,16,17,18);1H. The van der Waals surface area contributed by atoms with Crippen LogP contribution in [0.5, 0.6) is 5.75 Å². The highest BCUT2D eigenvalue weighted by molar-refractivity contribution is 14.0. The van der Waals surface area contributed by atoms with Gasteiger partial charge in [-0.05, 0) is 23.8 Å². The number of aromatic nitrogens is 2. The molecule has 2 aromatic rings. The first-order valence-electron chi connectivity index (χ1n) is 6.77. The van der Waals surface area contributed by atoms with Crippen molar-refractivity contribution in [2.24, 2.45) is 12.0 Å². The fraction of sp³-hybridized carbons (Fsp3) is 0.333. The molecule has 0 saturated heterocycles. The summed E-state index contributed by atoms with van der Waals surface area (Å²) >= 11 is 0. The number of nitrogens with one attached hydrogen (secondary N) is 2. The predicted octanol–water partition coefficient (Wildman–Crippen LogP) is 1.91. The first-order chi connectivity index (χ1) is 10.2. The lowest BCUT2D eigenvalue weighted by molar-refractivity contribution is 0.414. The fourth-order valence-corrected chi connectivity index (χ4v) is 1.90. The number of benzene rings is 1. The molecule has 0 saturated carbocycles. The molecular weight excluding hydrogens is 393 g/mol. The first-order valence-corrected chi connectivity index (χ1v) is 6.77. The Kier molecular flexibility index (Phi) is 7.72. The van der Waals surface area contributed by atoms with E-state index in [0.717, 1.165) is 17.4 Å². The van der Waals surface area contributed by atoms with Gasteiger partial charge < -0.3 is 15.4 Å². The topological polar surface area (TPSA) is 63.5 Å². The van der Waals surface area contributed by atoms with Crippen LogP contribution in [0.2, 0.25) is 0 Å². The van der Waals surface area contributed by atoms with Crippen LogP contribution in [0.4, 0.5) is 0 Å². The molecule has 0 aliphatic heterocycles. The Hall–Kier alpha value is -1.77. The molecular formula is C15H22IN5O. The molecule has 2 N–H and O–H groups in total. The molecule has 2 rings (SSSR count). The number of ether oxygens (including phenoxy) is 1. The Labute approximate surface area is 148 Å².